The van der Waals surface area contributed by atoms with Crippen LogP contribution in [0.2, 0.25) is 0 Å². The highest BCUT2D eigenvalue weighted by molar-refractivity contribution is 4.58. The fourth-order valence-corrected chi connectivity index (χ4v) is 0.0962. The molecule has 1 heterocycles. The Balaban J connectivity index is -0.000000104. The van der Waals surface area contributed by atoms with Gasteiger partial charge < -0.3 is 4.74 Å². The molecule has 0 saturated carbocycles. The minimum absolute atomic E-state index is 0.583. The van der Waals surface area contributed by atoms with Crippen LogP contribution in [0.25, 0.3) is 0 Å². The number of rotatable bonds is 0. The average molecular weight is 184 g/mol. The zero-order valence-electron chi connectivity index (χ0n) is 9.55. The first kappa shape index (κ1) is 18.1. The van der Waals surface area contributed by atoms with E-state index in [1.807, 2.05) is 20.8 Å². The van der Waals surface area contributed by atoms with E-state index in [0.717, 1.165) is 6.61 Å². The molecule has 78 valence electrons. The molecule has 0 aromatic heterocycles. The van der Waals surface area contributed by atoms with Gasteiger partial charge in [0.15, 0.2) is 0 Å². The molecule has 1 fully saturated rings. The Kier molecular flexibility index (Phi) is 31.2. The summed E-state index contributed by atoms with van der Waals surface area (Å²) in [6, 6.07) is 0. The molecule has 1 aliphatic rings. The first-order valence-corrected chi connectivity index (χ1v) is 4.47. The summed E-state index contributed by atoms with van der Waals surface area (Å²) in [5, 5.41) is 0. The number of ether oxygens (including phenoxy) is 1. The smallest absolute Gasteiger partial charge is 0.0781 e. The highest BCUT2D eigenvalue weighted by Crippen LogP contribution is 2.04. The van der Waals surface area contributed by atoms with Crippen molar-refractivity contribution in [1.29, 1.82) is 0 Å². The molecule has 0 aliphatic carbocycles. The van der Waals surface area contributed by atoms with Gasteiger partial charge in [0, 0.05) is 0 Å². The van der Waals surface area contributed by atoms with Gasteiger partial charge in [0.1, 0.15) is 0 Å². The van der Waals surface area contributed by atoms with Gasteiger partial charge in [-0.05, 0) is 27.7 Å². The predicted molar refractivity (Wildman–Crippen MR) is 63.0 cm³/mol. The van der Waals surface area contributed by atoms with Gasteiger partial charge in [-0.1, -0.05) is 18.2 Å². The number of hydrogen-bond donors (Lipinski definition) is 0. The Morgan fingerprint density at radius 3 is 1.08 bits per heavy atom. The van der Waals surface area contributed by atoms with E-state index in [0.29, 0.717) is 6.10 Å². The van der Waals surface area contributed by atoms with Crippen LogP contribution in [0.5, 0.6) is 0 Å². The van der Waals surface area contributed by atoms with Crippen LogP contribution in [0.3, 0.4) is 0 Å². The predicted octanol–water partition coefficient (Wildman–Crippen LogP) is 3.98. The minimum atomic E-state index is 0.583. The van der Waals surface area contributed by atoms with Gasteiger partial charge in [0.2, 0.25) is 0 Å². The monoisotopic (exact) mass is 184 g/mol. The molecule has 0 N–H and O–H groups in total. The van der Waals surface area contributed by atoms with Gasteiger partial charge in [-0.15, -0.1) is 19.7 Å². The Bertz CT molecular complexity index is 87.4. The molecule has 1 nitrogen and oxygen atoms in total. The number of epoxide rings is 1. The van der Waals surface area contributed by atoms with E-state index in [4.69, 9.17) is 4.74 Å². The molecule has 1 atom stereocenters. The van der Waals surface area contributed by atoms with Gasteiger partial charge in [-0.2, -0.15) is 0 Å². The van der Waals surface area contributed by atoms with Crippen molar-refractivity contribution in [3.05, 3.63) is 38.0 Å². The molecule has 0 amide bonds. The second kappa shape index (κ2) is 22.5. The highest BCUT2D eigenvalue weighted by atomic mass is 16.6. The summed E-state index contributed by atoms with van der Waals surface area (Å²) in [6.07, 6.45) is 5.83. The van der Waals surface area contributed by atoms with Gasteiger partial charge in [0.05, 0.1) is 12.7 Å². The lowest BCUT2D eigenvalue weighted by atomic mass is 10.6. The molecule has 13 heavy (non-hydrogen) atoms. The zero-order valence-corrected chi connectivity index (χ0v) is 9.55. The van der Waals surface area contributed by atoms with E-state index in [-0.39, 0.29) is 0 Å². The highest BCUT2D eigenvalue weighted by Gasteiger charge is 2.13. The van der Waals surface area contributed by atoms with E-state index in [2.05, 4.69) is 26.7 Å². The topological polar surface area (TPSA) is 12.5 Å². The summed E-state index contributed by atoms with van der Waals surface area (Å²) in [5.41, 5.74) is 0. The van der Waals surface area contributed by atoms with E-state index < -0.39 is 0 Å². The first-order chi connectivity index (χ1) is 6.14. The van der Waals surface area contributed by atoms with Crippen molar-refractivity contribution in [1.82, 2.24) is 0 Å². The van der Waals surface area contributed by atoms with Crippen LogP contribution in [0, 0.1) is 0 Å². The maximum absolute atomic E-state index is 4.71. The third-order valence-electron chi connectivity index (χ3n) is 0.500. The third kappa shape index (κ3) is 198. The molecule has 1 aliphatic heterocycles. The van der Waals surface area contributed by atoms with Gasteiger partial charge in [-0.25, -0.2) is 0 Å². The number of hydrogen-bond acceptors (Lipinski definition) is 1. The Morgan fingerprint density at radius 2 is 1.08 bits per heavy atom. The summed E-state index contributed by atoms with van der Waals surface area (Å²) < 4.78 is 4.71. The van der Waals surface area contributed by atoms with Crippen molar-refractivity contribution in [2.24, 2.45) is 0 Å². The molecule has 1 heteroatoms. The van der Waals surface area contributed by atoms with Crippen molar-refractivity contribution in [2.75, 3.05) is 6.61 Å². The fourth-order valence-electron chi connectivity index (χ4n) is 0.0962. The summed E-state index contributed by atoms with van der Waals surface area (Å²) in [7, 11) is 0. The van der Waals surface area contributed by atoms with Crippen LogP contribution >= 0.6 is 0 Å². The van der Waals surface area contributed by atoms with Crippen molar-refractivity contribution in [3.63, 3.8) is 0 Å². The van der Waals surface area contributed by atoms with E-state index in [1.54, 1.807) is 18.2 Å². The molecule has 0 aromatic carbocycles. The standard InChI is InChI=1S/C3H6O.3C3H6/c1-3-2-4-3;3*1-3-2/h3H,2H2,1H3;3*3H,1H2,2H3. The molecule has 0 bridgehead atoms. The second-order valence-electron chi connectivity index (χ2n) is 2.37. The summed E-state index contributed by atoms with van der Waals surface area (Å²) in [6.45, 7) is 18.8. The SMILES string of the molecule is C=CC.C=CC.C=CC.CC1CO1. The maximum atomic E-state index is 4.71. The lowest BCUT2D eigenvalue weighted by Gasteiger charge is -1.50. The lowest BCUT2D eigenvalue weighted by molar-refractivity contribution is 0.423. The van der Waals surface area contributed by atoms with Crippen LogP contribution in [-0.4, -0.2) is 12.7 Å². The van der Waals surface area contributed by atoms with Crippen LogP contribution < -0.4 is 0 Å². The van der Waals surface area contributed by atoms with Crippen LogP contribution in [0.1, 0.15) is 27.7 Å². The second-order valence-corrected chi connectivity index (χ2v) is 2.37. The summed E-state index contributed by atoms with van der Waals surface area (Å²) in [4.78, 5) is 0. The lowest BCUT2D eigenvalue weighted by Crippen LogP contribution is -1.60. The van der Waals surface area contributed by atoms with E-state index in [9.17, 15) is 0 Å². The van der Waals surface area contributed by atoms with Gasteiger partial charge in [-0.3, -0.25) is 0 Å². The quantitative estimate of drug-likeness (QED) is 0.410. The molecular weight excluding hydrogens is 160 g/mol. The Labute approximate surface area is 83.8 Å². The molecule has 0 radical (unpaired) electrons. The van der Waals surface area contributed by atoms with Gasteiger partial charge in [0.25, 0.3) is 0 Å². The van der Waals surface area contributed by atoms with Crippen molar-refractivity contribution in [3.8, 4) is 0 Å². The average Bonchev–Trinajstić information content (AvgIpc) is 2.76. The van der Waals surface area contributed by atoms with Crippen molar-refractivity contribution < 1.29 is 4.74 Å². The van der Waals surface area contributed by atoms with Crippen molar-refractivity contribution >= 4 is 0 Å². The molecule has 1 unspecified atom stereocenters. The zero-order chi connectivity index (χ0) is 11.1. The Hall–Kier alpha value is -0.820. The molecular formula is C12H24O. The Morgan fingerprint density at radius 1 is 1.00 bits per heavy atom. The largest absolute Gasteiger partial charge is 0.373 e. The van der Waals surface area contributed by atoms with Crippen molar-refractivity contribution in [2.45, 2.75) is 33.8 Å². The number of allylic oxidation sites excluding steroid dienone is 3. The van der Waals surface area contributed by atoms with Crippen LogP contribution in [0.15, 0.2) is 38.0 Å². The summed E-state index contributed by atoms with van der Waals surface area (Å²) >= 11 is 0. The van der Waals surface area contributed by atoms with Crippen LogP contribution in [-0.2, 0) is 4.74 Å². The third-order valence-corrected chi connectivity index (χ3v) is 0.500. The van der Waals surface area contributed by atoms with E-state index in [1.165, 1.54) is 0 Å². The van der Waals surface area contributed by atoms with E-state index >= 15 is 0 Å². The van der Waals surface area contributed by atoms with Gasteiger partial charge >= 0.3 is 0 Å². The molecule has 0 aromatic rings. The normalized spacial score (nSPS) is 15.2. The first-order valence-electron chi connectivity index (χ1n) is 4.47. The van der Waals surface area contributed by atoms with Crippen LogP contribution in [0.4, 0.5) is 0 Å². The maximum Gasteiger partial charge on any atom is 0.0781 e. The molecule has 1 rings (SSSR count). The molecule has 0 spiro atoms. The molecule has 1 saturated heterocycles. The summed E-state index contributed by atoms with van der Waals surface area (Å²) in [5.74, 6) is 0. The minimum Gasteiger partial charge on any atom is -0.373 e. The fraction of sp³-hybridized carbons (Fsp3) is 0.500.